The molecule has 0 heterocycles. The summed E-state index contributed by atoms with van der Waals surface area (Å²) in [5, 5.41) is 27.7. The third-order valence-electron chi connectivity index (χ3n) is 8.54. The smallest absolute Gasteiger partial charge is 0.243 e. The van der Waals surface area contributed by atoms with Crippen LogP contribution in [0.15, 0.2) is 30.3 Å². The fourth-order valence-electron chi connectivity index (χ4n) is 5.85. The summed E-state index contributed by atoms with van der Waals surface area (Å²) < 4.78 is 0. The molecule has 0 bridgehead atoms. The molecule has 1 saturated carbocycles. The van der Waals surface area contributed by atoms with Gasteiger partial charge in [0, 0.05) is 33.0 Å². The fourth-order valence-corrected chi connectivity index (χ4v) is 5.85. The SMILES string of the molecule is C#CC[C@H](NC(=O)C(CC(=O)N(C)CCN(C)C)Cc1ccccc1)C(=O)N[C@@H](CC1CCCCC1)[C@@H](O)[C@@H](O)CC(C)C. The number of carbonyl (C=O) groups is 3. The second-order valence-electron chi connectivity index (χ2n) is 13.2. The van der Waals surface area contributed by atoms with Crippen LogP contribution in [0.2, 0.25) is 0 Å². The molecule has 1 aromatic carbocycles. The molecular weight excluding hydrogens is 556 g/mol. The molecule has 1 aliphatic carbocycles. The number of hydrogen-bond donors (Lipinski definition) is 4. The predicted octanol–water partition coefficient (Wildman–Crippen LogP) is 2.99. The van der Waals surface area contributed by atoms with Gasteiger partial charge in [-0.1, -0.05) is 76.3 Å². The van der Waals surface area contributed by atoms with E-state index < -0.39 is 42.0 Å². The van der Waals surface area contributed by atoms with Gasteiger partial charge in [-0.05, 0) is 50.8 Å². The van der Waals surface area contributed by atoms with Crippen LogP contribution in [0, 0.1) is 30.1 Å². The van der Waals surface area contributed by atoms with Crippen molar-refractivity contribution < 1.29 is 24.6 Å². The minimum Gasteiger partial charge on any atom is -0.390 e. The van der Waals surface area contributed by atoms with Crippen LogP contribution in [-0.4, -0.2) is 96.3 Å². The van der Waals surface area contributed by atoms with Gasteiger partial charge in [0.15, 0.2) is 0 Å². The van der Waals surface area contributed by atoms with Gasteiger partial charge in [0.2, 0.25) is 17.7 Å². The number of benzene rings is 1. The first-order valence-corrected chi connectivity index (χ1v) is 16.2. The van der Waals surface area contributed by atoms with Gasteiger partial charge in [-0.3, -0.25) is 14.4 Å². The van der Waals surface area contributed by atoms with Gasteiger partial charge in [-0.15, -0.1) is 12.3 Å². The molecule has 0 saturated heterocycles. The molecule has 0 aromatic heterocycles. The number of hydrogen-bond acceptors (Lipinski definition) is 6. The van der Waals surface area contributed by atoms with E-state index in [4.69, 9.17) is 6.42 Å². The highest BCUT2D eigenvalue weighted by Gasteiger charge is 2.34. The Balaban J connectivity index is 2.21. The average molecular weight is 613 g/mol. The van der Waals surface area contributed by atoms with E-state index in [0.29, 0.717) is 38.3 Å². The maximum atomic E-state index is 13.7. The highest BCUT2D eigenvalue weighted by molar-refractivity contribution is 5.91. The quantitative estimate of drug-likeness (QED) is 0.189. The number of terminal acetylenes is 1. The van der Waals surface area contributed by atoms with Crippen LogP contribution < -0.4 is 10.6 Å². The molecule has 2 rings (SSSR count). The number of nitrogens with one attached hydrogen (secondary N) is 2. The molecule has 5 atom stereocenters. The zero-order chi connectivity index (χ0) is 32.6. The lowest BCUT2D eigenvalue weighted by atomic mass is 9.82. The van der Waals surface area contributed by atoms with Crippen LogP contribution in [0.1, 0.15) is 77.2 Å². The zero-order valence-corrected chi connectivity index (χ0v) is 27.5. The molecule has 9 heteroatoms. The summed E-state index contributed by atoms with van der Waals surface area (Å²) in [4.78, 5) is 44.1. The second-order valence-corrected chi connectivity index (χ2v) is 13.2. The monoisotopic (exact) mass is 612 g/mol. The summed E-state index contributed by atoms with van der Waals surface area (Å²) in [5.41, 5.74) is 0.907. The fraction of sp³-hybridized carbons (Fsp3) is 0.686. The highest BCUT2D eigenvalue weighted by atomic mass is 16.3. The van der Waals surface area contributed by atoms with Crippen LogP contribution in [-0.2, 0) is 20.8 Å². The Kier molecular flexibility index (Phi) is 16.5. The molecular formula is C35H56N4O5. The lowest BCUT2D eigenvalue weighted by Crippen LogP contribution is -2.56. The third kappa shape index (κ3) is 13.4. The Morgan fingerprint density at radius 3 is 2.23 bits per heavy atom. The van der Waals surface area contributed by atoms with Crippen molar-refractivity contribution in [3.05, 3.63) is 35.9 Å². The Morgan fingerprint density at radius 2 is 1.64 bits per heavy atom. The Labute approximate surface area is 265 Å². The van der Waals surface area contributed by atoms with Crippen LogP contribution in [0.3, 0.4) is 0 Å². The molecule has 1 fully saturated rings. The normalized spacial score (nSPS) is 17.3. The van der Waals surface area contributed by atoms with Crippen LogP contribution in [0.4, 0.5) is 0 Å². The first kappa shape index (κ1) is 37.3. The van der Waals surface area contributed by atoms with E-state index in [9.17, 15) is 24.6 Å². The minimum atomic E-state index is -1.15. The maximum Gasteiger partial charge on any atom is 0.243 e. The van der Waals surface area contributed by atoms with E-state index in [0.717, 1.165) is 31.2 Å². The van der Waals surface area contributed by atoms with Gasteiger partial charge < -0.3 is 30.6 Å². The van der Waals surface area contributed by atoms with Crippen molar-refractivity contribution in [2.24, 2.45) is 17.8 Å². The van der Waals surface area contributed by atoms with E-state index in [2.05, 4.69) is 16.6 Å². The number of likely N-dealkylation sites (N-methyl/N-ethyl adjacent to an activating group) is 2. The first-order chi connectivity index (χ1) is 20.9. The summed E-state index contributed by atoms with van der Waals surface area (Å²) >= 11 is 0. The summed E-state index contributed by atoms with van der Waals surface area (Å²) in [5.74, 6) is 1.20. The minimum absolute atomic E-state index is 0.0144. The van der Waals surface area contributed by atoms with Crippen molar-refractivity contribution in [1.29, 1.82) is 0 Å². The molecule has 0 spiro atoms. The first-order valence-electron chi connectivity index (χ1n) is 16.2. The molecule has 0 radical (unpaired) electrons. The molecule has 44 heavy (non-hydrogen) atoms. The maximum absolute atomic E-state index is 13.7. The standard InChI is InChI=1S/C35H56N4O5/c1-7-14-29(35(44)37-30(23-27-17-12-9-13-18-27)33(42)31(40)21-25(2)3)36-34(43)28(22-26-15-10-8-11-16-26)24-32(41)39(6)20-19-38(4)5/h1,8,10-11,15-16,25,27-31,33,40,42H,9,12-14,17-24H2,2-6H3,(H,36,43)(H,37,44)/t28?,29-,30-,31-,33+/m0/s1. The lowest BCUT2D eigenvalue weighted by Gasteiger charge is -2.33. The lowest BCUT2D eigenvalue weighted by molar-refractivity contribution is -0.137. The van der Waals surface area contributed by atoms with E-state index in [1.165, 1.54) is 6.42 Å². The number of aliphatic hydroxyl groups excluding tert-OH is 2. The molecule has 246 valence electrons. The predicted molar refractivity (Wildman–Crippen MR) is 174 cm³/mol. The van der Waals surface area contributed by atoms with Crippen molar-refractivity contribution >= 4 is 17.7 Å². The zero-order valence-electron chi connectivity index (χ0n) is 27.5. The summed E-state index contributed by atoms with van der Waals surface area (Å²) in [6.07, 6.45) is 10.1. The molecule has 1 unspecified atom stereocenters. The molecule has 1 aliphatic rings. The Morgan fingerprint density at radius 1 is 0.977 bits per heavy atom. The van der Waals surface area contributed by atoms with E-state index >= 15 is 0 Å². The third-order valence-corrected chi connectivity index (χ3v) is 8.54. The van der Waals surface area contributed by atoms with Crippen molar-refractivity contribution in [2.75, 3.05) is 34.2 Å². The van der Waals surface area contributed by atoms with Crippen molar-refractivity contribution in [3.8, 4) is 12.3 Å². The van der Waals surface area contributed by atoms with Gasteiger partial charge in [0.05, 0.1) is 18.1 Å². The van der Waals surface area contributed by atoms with Crippen LogP contribution in [0.5, 0.6) is 0 Å². The number of carbonyl (C=O) groups excluding carboxylic acids is 3. The molecule has 0 aliphatic heterocycles. The molecule has 9 nitrogen and oxygen atoms in total. The van der Waals surface area contributed by atoms with Crippen molar-refractivity contribution in [1.82, 2.24) is 20.4 Å². The Bertz CT molecular complexity index is 1050. The summed E-state index contributed by atoms with van der Waals surface area (Å²) in [6, 6.07) is 7.75. The van der Waals surface area contributed by atoms with Crippen molar-refractivity contribution in [2.45, 2.75) is 102 Å². The number of nitrogens with zero attached hydrogens (tertiary/aromatic N) is 2. The van der Waals surface area contributed by atoms with E-state index in [1.807, 2.05) is 63.2 Å². The Hall–Kier alpha value is -2.93. The summed E-state index contributed by atoms with van der Waals surface area (Å²) in [7, 11) is 5.60. The highest BCUT2D eigenvalue weighted by Crippen LogP contribution is 2.29. The van der Waals surface area contributed by atoms with Crippen LogP contribution >= 0.6 is 0 Å². The van der Waals surface area contributed by atoms with Gasteiger partial charge in [0.1, 0.15) is 12.1 Å². The largest absolute Gasteiger partial charge is 0.390 e. The molecule has 1 aromatic rings. The number of amides is 3. The van der Waals surface area contributed by atoms with Gasteiger partial charge in [-0.25, -0.2) is 0 Å². The van der Waals surface area contributed by atoms with Crippen LogP contribution in [0.25, 0.3) is 0 Å². The van der Waals surface area contributed by atoms with E-state index in [1.54, 1.807) is 11.9 Å². The van der Waals surface area contributed by atoms with E-state index in [-0.39, 0.29) is 24.7 Å². The second kappa shape index (κ2) is 19.5. The van der Waals surface area contributed by atoms with Gasteiger partial charge in [0.25, 0.3) is 0 Å². The van der Waals surface area contributed by atoms with Crippen molar-refractivity contribution in [3.63, 3.8) is 0 Å². The number of rotatable bonds is 18. The van der Waals surface area contributed by atoms with Gasteiger partial charge in [-0.2, -0.15) is 0 Å². The van der Waals surface area contributed by atoms with Gasteiger partial charge >= 0.3 is 0 Å². The molecule has 3 amide bonds. The topological polar surface area (TPSA) is 122 Å². The molecule has 4 N–H and O–H groups in total. The average Bonchev–Trinajstić information content (AvgIpc) is 2.99. The number of aliphatic hydroxyl groups is 2. The summed E-state index contributed by atoms with van der Waals surface area (Å²) in [6.45, 7) is 5.17.